The van der Waals surface area contributed by atoms with Crippen molar-refractivity contribution in [2.75, 3.05) is 0 Å². The zero-order valence-corrected chi connectivity index (χ0v) is 28.1. The first-order valence-electron chi connectivity index (χ1n) is 17.3. The van der Waals surface area contributed by atoms with Crippen molar-refractivity contribution in [3.63, 3.8) is 0 Å². The standard InChI is InChI=1S/C47H34N4/c1-31-14-6-3-2-4-7-19-35(26-31)44-29-40(45-27-34-18-10-11-20-36(34)30-48-45)38-24-23-37-39(42-25-22-33-17-12-13-21-41(33)49-42)28-43(32-15-8-5-9-16-32)50-46(37)47(38)51-44/h2-3,5-29,48H,1,4,30H2/b3-2-,14-6-,19-7-,35-26?. The van der Waals surface area contributed by atoms with Gasteiger partial charge in [0.1, 0.15) is 0 Å². The van der Waals surface area contributed by atoms with Gasteiger partial charge in [-0.05, 0) is 59.5 Å². The molecule has 4 heterocycles. The van der Waals surface area contributed by atoms with E-state index in [1.807, 2.05) is 30.4 Å². The minimum absolute atomic E-state index is 0.749. The Hall–Kier alpha value is -6.65. The van der Waals surface area contributed by atoms with Crippen LogP contribution in [-0.2, 0) is 6.54 Å². The number of para-hydroxylation sites is 1. The minimum atomic E-state index is 0.749. The summed E-state index contributed by atoms with van der Waals surface area (Å²) >= 11 is 0. The number of nitrogens with zero attached hydrogens (tertiary/aromatic N) is 3. The second-order valence-corrected chi connectivity index (χ2v) is 12.9. The molecule has 0 spiro atoms. The Balaban J connectivity index is 1.36. The molecule has 3 aromatic heterocycles. The highest BCUT2D eigenvalue weighted by molar-refractivity contribution is 6.12. The Bertz CT molecular complexity index is 2670. The van der Waals surface area contributed by atoms with E-state index in [0.717, 1.165) is 96.3 Å². The molecule has 1 aliphatic heterocycles. The van der Waals surface area contributed by atoms with E-state index in [-0.39, 0.29) is 0 Å². The van der Waals surface area contributed by atoms with Crippen molar-refractivity contribution in [2.45, 2.75) is 13.0 Å². The fraction of sp³-hybridized carbons (Fsp3) is 0.0426. The molecule has 4 heteroatoms. The highest BCUT2D eigenvalue weighted by Crippen LogP contribution is 2.38. The van der Waals surface area contributed by atoms with Crippen molar-refractivity contribution in [1.29, 1.82) is 0 Å². The molecular weight excluding hydrogens is 621 g/mol. The molecule has 0 atom stereocenters. The van der Waals surface area contributed by atoms with E-state index in [1.165, 1.54) is 11.1 Å². The Kier molecular flexibility index (Phi) is 7.75. The molecule has 0 saturated carbocycles. The van der Waals surface area contributed by atoms with Gasteiger partial charge in [0.15, 0.2) is 0 Å². The van der Waals surface area contributed by atoms with Crippen molar-refractivity contribution in [3.05, 3.63) is 192 Å². The Morgan fingerprint density at radius 3 is 2.25 bits per heavy atom. The van der Waals surface area contributed by atoms with E-state index in [1.54, 1.807) is 0 Å². The molecule has 0 saturated heterocycles. The summed E-state index contributed by atoms with van der Waals surface area (Å²) in [5.74, 6) is 0. The van der Waals surface area contributed by atoms with Crippen LogP contribution in [0.5, 0.6) is 0 Å². The fourth-order valence-electron chi connectivity index (χ4n) is 7.00. The highest BCUT2D eigenvalue weighted by atomic mass is 14.9. The SMILES string of the molecule is C=C1C=C(c2cc(C3=Cc4ccccc4CN3)c3ccc4c(-c5ccc6ccccc6n5)cc(-c5ccccc5)nc4c3n2)/C=C\C/C=C\C=C/1. The van der Waals surface area contributed by atoms with Gasteiger partial charge in [-0.25, -0.2) is 15.0 Å². The lowest BCUT2D eigenvalue weighted by molar-refractivity contribution is 0.879. The maximum absolute atomic E-state index is 5.47. The molecule has 242 valence electrons. The molecule has 7 aromatic rings. The topological polar surface area (TPSA) is 50.7 Å². The van der Waals surface area contributed by atoms with E-state index in [2.05, 4.69) is 145 Å². The van der Waals surface area contributed by atoms with Gasteiger partial charge < -0.3 is 5.32 Å². The average molecular weight is 655 g/mol. The number of pyridine rings is 3. The molecule has 4 nitrogen and oxygen atoms in total. The third kappa shape index (κ3) is 5.87. The zero-order valence-electron chi connectivity index (χ0n) is 28.1. The van der Waals surface area contributed by atoms with Gasteiger partial charge in [-0.2, -0.15) is 0 Å². The summed E-state index contributed by atoms with van der Waals surface area (Å²) < 4.78 is 0. The van der Waals surface area contributed by atoms with Crippen molar-refractivity contribution in [1.82, 2.24) is 20.3 Å². The van der Waals surface area contributed by atoms with Gasteiger partial charge in [0, 0.05) is 50.7 Å². The van der Waals surface area contributed by atoms with Crippen LogP contribution in [-0.4, -0.2) is 15.0 Å². The van der Waals surface area contributed by atoms with Gasteiger partial charge >= 0.3 is 0 Å². The molecule has 0 amide bonds. The number of hydrogen-bond acceptors (Lipinski definition) is 4. The van der Waals surface area contributed by atoms with Crippen LogP contribution in [0.3, 0.4) is 0 Å². The predicted molar refractivity (Wildman–Crippen MR) is 214 cm³/mol. The summed E-state index contributed by atoms with van der Waals surface area (Å²) in [5.41, 5.74) is 13.9. The van der Waals surface area contributed by atoms with E-state index < -0.39 is 0 Å². The number of rotatable bonds is 4. The third-order valence-electron chi connectivity index (χ3n) is 9.58. The van der Waals surface area contributed by atoms with Crippen LogP contribution >= 0.6 is 0 Å². The number of allylic oxidation sites excluding steroid dienone is 9. The molecule has 1 N–H and O–H groups in total. The van der Waals surface area contributed by atoms with E-state index in [9.17, 15) is 0 Å². The van der Waals surface area contributed by atoms with Gasteiger partial charge in [0.25, 0.3) is 0 Å². The summed E-state index contributed by atoms with van der Waals surface area (Å²) in [6, 6.07) is 40.2. The monoisotopic (exact) mass is 654 g/mol. The summed E-state index contributed by atoms with van der Waals surface area (Å²) in [4.78, 5) is 16.0. The first-order valence-corrected chi connectivity index (χ1v) is 17.3. The van der Waals surface area contributed by atoms with Gasteiger partial charge in [-0.15, -0.1) is 0 Å². The number of aromatic nitrogens is 3. The first-order chi connectivity index (χ1) is 25.2. The zero-order chi connectivity index (χ0) is 34.1. The van der Waals surface area contributed by atoms with Crippen LogP contribution in [0.2, 0.25) is 0 Å². The maximum atomic E-state index is 5.47. The normalized spacial score (nSPS) is 16.2. The van der Waals surface area contributed by atoms with Crippen molar-refractivity contribution < 1.29 is 0 Å². The second-order valence-electron chi connectivity index (χ2n) is 12.9. The predicted octanol–water partition coefficient (Wildman–Crippen LogP) is 11.3. The minimum Gasteiger partial charge on any atom is -0.380 e. The number of nitrogens with one attached hydrogen (secondary N) is 1. The quantitative estimate of drug-likeness (QED) is 0.192. The molecule has 51 heavy (non-hydrogen) atoms. The van der Waals surface area contributed by atoms with Crippen LogP contribution in [0.25, 0.3) is 72.6 Å². The van der Waals surface area contributed by atoms with Gasteiger partial charge in [0.2, 0.25) is 0 Å². The fourth-order valence-corrected chi connectivity index (χ4v) is 7.00. The number of benzene rings is 4. The van der Waals surface area contributed by atoms with Crippen LogP contribution in [0.1, 0.15) is 28.8 Å². The van der Waals surface area contributed by atoms with Crippen molar-refractivity contribution in [2.24, 2.45) is 0 Å². The molecule has 0 unspecified atom stereocenters. The summed E-state index contributed by atoms with van der Waals surface area (Å²) in [7, 11) is 0. The maximum Gasteiger partial charge on any atom is 0.0979 e. The van der Waals surface area contributed by atoms with Crippen molar-refractivity contribution in [3.8, 4) is 22.5 Å². The summed E-state index contributed by atoms with van der Waals surface area (Å²) in [5, 5.41) is 6.88. The number of fused-ring (bicyclic) bond motifs is 5. The lowest BCUT2D eigenvalue weighted by Gasteiger charge is -2.21. The molecule has 9 rings (SSSR count). The van der Waals surface area contributed by atoms with Crippen LogP contribution in [0.15, 0.2) is 170 Å². The molecular formula is C47H34N4. The third-order valence-corrected chi connectivity index (χ3v) is 9.58. The van der Waals surface area contributed by atoms with Crippen LogP contribution in [0.4, 0.5) is 0 Å². The Labute approximate surface area is 297 Å². The van der Waals surface area contributed by atoms with Crippen LogP contribution < -0.4 is 5.32 Å². The molecule has 1 aliphatic carbocycles. The summed E-state index contributed by atoms with van der Waals surface area (Å²) in [6.07, 6.45) is 17.8. The number of hydrogen-bond donors (Lipinski definition) is 1. The molecule has 0 radical (unpaired) electrons. The van der Waals surface area contributed by atoms with E-state index >= 15 is 0 Å². The van der Waals surface area contributed by atoms with Gasteiger partial charge in [0.05, 0.1) is 33.6 Å². The second kappa shape index (κ2) is 13.0. The smallest absolute Gasteiger partial charge is 0.0979 e. The van der Waals surface area contributed by atoms with E-state index in [4.69, 9.17) is 15.0 Å². The summed E-state index contributed by atoms with van der Waals surface area (Å²) in [6.45, 7) is 5.07. The largest absolute Gasteiger partial charge is 0.380 e. The van der Waals surface area contributed by atoms with Crippen LogP contribution in [0, 0.1) is 0 Å². The average Bonchev–Trinajstić information content (AvgIpc) is 3.19. The van der Waals surface area contributed by atoms with Crippen molar-refractivity contribution >= 4 is 50.1 Å². The van der Waals surface area contributed by atoms with Gasteiger partial charge in [-0.3, -0.25) is 0 Å². The molecule has 4 aromatic carbocycles. The Morgan fingerprint density at radius 1 is 0.588 bits per heavy atom. The molecule has 2 aliphatic rings. The van der Waals surface area contributed by atoms with E-state index in [0.29, 0.717) is 0 Å². The Morgan fingerprint density at radius 2 is 1.35 bits per heavy atom. The molecule has 0 fully saturated rings. The lowest BCUT2D eigenvalue weighted by atomic mass is 9.94. The first kappa shape index (κ1) is 30.4. The van der Waals surface area contributed by atoms with Gasteiger partial charge in [-0.1, -0.05) is 134 Å². The lowest BCUT2D eigenvalue weighted by Crippen LogP contribution is -2.17. The molecule has 0 bridgehead atoms. The highest BCUT2D eigenvalue weighted by Gasteiger charge is 2.20.